The van der Waals surface area contributed by atoms with E-state index in [0.29, 0.717) is 28.9 Å². The number of amides is 1. The molecule has 0 saturated carbocycles. The molecule has 0 aliphatic carbocycles. The number of hydrogen-bond acceptors (Lipinski definition) is 6. The number of carbonyl (C=O) groups is 2. The summed E-state index contributed by atoms with van der Waals surface area (Å²) >= 11 is 0. The molecule has 0 fully saturated rings. The van der Waals surface area contributed by atoms with Crippen molar-refractivity contribution in [3.8, 4) is 17.2 Å². The first kappa shape index (κ1) is 22.1. The van der Waals surface area contributed by atoms with Crippen molar-refractivity contribution in [3.63, 3.8) is 0 Å². The van der Waals surface area contributed by atoms with Gasteiger partial charge in [-0.2, -0.15) is 0 Å². The van der Waals surface area contributed by atoms with Crippen LogP contribution < -0.4 is 19.5 Å². The third kappa shape index (κ3) is 6.41. The van der Waals surface area contributed by atoms with Crippen molar-refractivity contribution in [1.29, 1.82) is 0 Å². The van der Waals surface area contributed by atoms with Crippen LogP contribution in [0.25, 0.3) is 0 Å². The maximum atomic E-state index is 12.0. The molecule has 0 unspecified atom stereocenters. The highest BCUT2D eigenvalue weighted by molar-refractivity contribution is 5.93. The number of carbonyl (C=O) groups excluding carboxylic acids is 2. The summed E-state index contributed by atoms with van der Waals surface area (Å²) in [5.41, 5.74) is 2.54. The number of nitrogens with one attached hydrogen (secondary N) is 1. The zero-order valence-electron chi connectivity index (χ0n) is 17.4. The summed E-state index contributed by atoms with van der Waals surface area (Å²) in [7, 11) is 3.03. The lowest BCUT2D eigenvalue weighted by molar-refractivity contribution is -0.149. The van der Waals surface area contributed by atoms with Gasteiger partial charge in [-0.25, -0.2) is 4.79 Å². The van der Waals surface area contributed by atoms with Gasteiger partial charge < -0.3 is 24.3 Å². The second-order valence-corrected chi connectivity index (χ2v) is 6.75. The molecule has 0 saturated heterocycles. The maximum Gasteiger partial charge on any atom is 0.344 e. The predicted molar refractivity (Wildman–Crippen MR) is 110 cm³/mol. The Bertz CT molecular complexity index is 862. The van der Waals surface area contributed by atoms with E-state index in [0.717, 1.165) is 11.1 Å². The highest BCUT2D eigenvalue weighted by Crippen LogP contribution is 2.29. The second kappa shape index (κ2) is 10.4. The Balaban J connectivity index is 1.83. The van der Waals surface area contributed by atoms with Crippen molar-refractivity contribution in [3.05, 3.63) is 47.5 Å². The average Bonchev–Trinajstić information content (AvgIpc) is 2.71. The molecule has 0 atom stereocenters. The summed E-state index contributed by atoms with van der Waals surface area (Å²) in [5, 5.41) is 2.63. The van der Waals surface area contributed by atoms with Gasteiger partial charge in [0.1, 0.15) is 5.75 Å². The van der Waals surface area contributed by atoms with Crippen molar-refractivity contribution in [2.45, 2.75) is 26.7 Å². The molecule has 156 valence electrons. The lowest BCUT2D eigenvalue weighted by Gasteiger charge is -2.13. The molecule has 2 aromatic carbocycles. The summed E-state index contributed by atoms with van der Waals surface area (Å²) in [6.45, 7) is 5.38. The largest absolute Gasteiger partial charge is 0.493 e. The summed E-state index contributed by atoms with van der Waals surface area (Å²) in [5.74, 6) is 0.916. The van der Waals surface area contributed by atoms with Gasteiger partial charge in [-0.15, -0.1) is 0 Å². The van der Waals surface area contributed by atoms with E-state index in [4.69, 9.17) is 18.9 Å². The van der Waals surface area contributed by atoms with E-state index in [1.807, 2.05) is 25.1 Å². The van der Waals surface area contributed by atoms with Gasteiger partial charge in [0.25, 0.3) is 5.91 Å². The Kier molecular flexibility index (Phi) is 7.88. The van der Waals surface area contributed by atoms with Crippen molar-refractivity contribution in [1.82, 2.24) is 0 Å². The average molecular weight is 401 g/mol. The number of aryl methyl sites for hydroxylation is 1. The number of benzene rings is 2. The van der Waals surface area contributed by atoms with Gasteiger partial charge in [-0.1, -0.05) is 26.0 Å². The fraction of sp³-hybridized carbons (Fsp3) is 0.364. The minimum Gasteiger partial charge on any atom is -0.493 e. The van der Waals surface area contributed by atoms with Gasteiger partial charge in [0.2, 0.25) is 0 Å². The molecule has 2 rings (SSSR count). The number of esters is 1. The topological polar surface area (TPSA) is 83.1 Å². The molecule has 7 heteroatoms. The molecular weight excluding hydrogens is 374 g/mol. The second-order valence-electron chi connectivity index (χ2n) is 6.75. The molecule has 0 bridgehead atoms. The summed E-state index contributed by atoms with van der Waals surface area (Å²) in [6, 6.07) is 10.8. The number of ether oxygens (including phenoxy) is 4. The number of rotatable bonds is 9. The van der Waals surface area contributed by atoms with Gasteiger partial charge >= 0.3 is 5.97 Å². The Morgan fingerprint density at radius 2 is 1.66 bits per heavy atom. The van der Waals surface area contributed by atoms with E-state index in [1.54, 1.807) is 18.2 Å². The number of methoxy groups -OCH3 is 2. The molecule has 0 aliphatic heterocycles. The van der Waals surface area contributed by atoms with E-state index in [9.17, 15) is 9.59 Å². The van der Waals surface area contributed by atoms with Gasteiger partial charge in [0, 0.05) is 11.8 Å². The van der Waals surface area contributed by atoms with Crippen LogP contribution in [0, 0.1) is 6.92 Å². The first-order valence-corrected chi connectivity index (χ1v) is 9.25. The number of hydrogen-bond donors (Lipinski definition) is 1. The van der Waals surface area contributed by atoms with Crippen LogP contribution in [-0.2, 0) is 14.3 Å². The first-order valence-electron chi connectivity index (χ1n) is 9.25. The minimum absolute atomic E-state index is 0.272. The third-order valence-corrected chi connectivity index (χ3v) is 4.26. The zero-order valence-corrected chi connectivity index (χ0v) is 17.4. The quantitative estimate of drug-likeness (QED) is 0.645. The molecular formula is C22H27NO6. The monoisotopic (exact) mass is 401 g/mol. The van der Waals surface area contributed by atoms with Crippen LogP contribution in [-0.4, -0.2) is 39.3 Å². The number of anilines is 1. The molecule has 7 nitrogen and oxygen atoms in total. The highest BCUT2D eigenvalue weighted by atomic mass is 16.6. The zero-order chi connectivity index (χ0) is 21.4. The normalized spacial score (nSPS) is 10.4. The van der Waals surface area contributed by atoms with Crippen LogP contribution in [0.3, 0.4) is 0 Å². The highest BCUT2D eigenvalue weighted by Gasteiger charge is 2.12. The van der Waals surface area contributed by atoms with Crippen LogP contribution in [0.1, 0.15) is 30.9 Å². The Labute approximate surface area is 170 Å². The fourth-order valence-corrected chi connectivity index (χ4v) is 2.57. The van der Waals surface area contributed by atoms with Gasteiger partial charge in [-0.05, 0) is 42.2 Å². The molecule has 0 spiro atoms. The van der Waals surface area contributed by atoms with Crippen LogP contribution in [0.4, 0.5) is 5.69 Å². The molecule has 0 aliphatic rings. The molecule has 2 aromatic rings. The molecule has 29 heavy (non-hydrogen) atoms. The van der Waals surface area contributed by atoms with Crippen molar-refractivity contribution < 1.29 is 28.5 Å². The van der Waals surface area contributed by atoms with E-state index >= 15 is 0 Å². The maximum absolute atomic E-state index is 12.0. The van der Waals surface area contributed by atoms with Gasteiger partial charge in [0.15, 0.2) is 24.7 Å². The van der Waals surface area contributed by atoms with E-state index in [-0.39, 0.29) is 6.61 Å². The summed E-state index contributed by atoms with van der Waals surface area (Å²) in [6.07, 6.45) is 0. The molecule has 1 amide bonds. The van der Waals surface area contributed by atoms with Crippen LogP contribution in [0.15, 0.2) is 36.4 Å². The predicted octanol–water partition coefficient (Wildman–Crippen LogP) is 3.70. The van der Waals surface area contributed by atoms with Crippen molar-refractivity contribution in [2.24, 2.45) is 0 Å². The molecule has 0 radical (unpaired) electrons. The van der Waals surface area contributed by atoms with E-state index in [2.05, 4.69) is 19.2 Å². The first-order chi connectivity index (χ1) is 13.8. The van der Waals surface area contributed by atoms with Crippen LogP contribution in [0.5, 0.6) is 17.2 Å². The van der Waals surface area contributed by atoms with Gasteiger partial charge in [0.05, 0.1) is 14.2 Å². The standard InChI is InChI=1S/C22H27NO6/c1-14(2)16-7-6-15(3)19(10-16)28-13-22(25)29-12-21(24)23-17-8-9-18(26-4)20(11-17)27-5/h6-11,14H,12-13H2,1-5H3,(H,23,24). The summed E-state index contributed by atoms with van der Waals surface area (Å²) < 4.78 is 20.9. The smallest absolute Gasteiger partial charge is 0.344 e. The Morgan fingerprint density at radius 3 is 2.31 bits per heavy atom. The summed E-state index contributed by atoms with van der Waals surface area (Å²) in [4.78, 5) is 23.9. The lowest BCUT2D eigenvalue weighted by atomic mass is 10.0. The SMILES string of the molecule is COc1ccc(NC(=O)COC(=O)COc2cc(C(C)C)ccc2C)cc1OC. The minimum atomic E-state index is -0.623. The lowest BCUT2D eigenvalue weighted by Crippen LogP contribution is -2.23. The fourth-order valence-electron chi connectivity index (χ4n) is 2.57. The van der Waals surface area contributed by atoms with E-state index < -0.39 is 18.5 Å². The van der Waals surface area contributed by atoms with Gasteiger partial charge in [-0.3, -0.25) is 4.79 Å². The Morgan fingerprint density at radius 1 is 0.931 bits per heavy atom. The molecule has 0 heterocycles. The molecule has 0 aromatic heterocycles. The Hall–Kier alpha value is -3.22. The van der Waals surface area contributed by atoms with Crippen molar-refractivity contribution in [2.75, 3.05) is 32.8 Å². The van der Waals surface area contributed by atoms with E-state index in [1.165, 1.54) is 14.2 Å². The molecule has 1 N–H and O–H groups in total. The van der Waals surface area contributed by atoms with Crippen LogP contribution >= 0.6 is 0 Å². The van der Waals surface area contributed by atoms with Crippen molar-refractivity contribution >= 4 is 17.6 Å². The third-order valence-electron chi connectivity index (χ3n) is 4.26. The van der Waals surface area contributed by atoms with Crippen LogP contribution in [0.2, 0.25) is 0 Å².